The molecular weight excluding hydrogens is 1670 g/mol. The summed E-state index contributed by atoms with van der Waals surface area (Å²) in [5, 5.41) is 11.3. The highest BCUT2D eigenvalue weighted by Crippen LogP contribution is 2.47. The largest absolute Gasteiger partial charge is 0.454 e. The minimum absolute atomic E-state index is 0.240. The highest BCUT2D eigenvalue weighted by molar-refractivity contribution is 7.85. The van der Waals surface area contributed by atoms with E-state index >= 15 is 4.57 Å². The summed E-state index contributed by atoms with van der Waals surface area (Å²) in [6, 6.07) is 137. The van der Waals surface area contributed by atoms with Crippen LogP contribution in [0.3, 0.4) is 0 Å². The number of furan rings is 1. The van der Waals surface area contributed by atoms with Gasteiger partial charge >= 0.3 is 0 Å². The van der Waals surface area contributed by atoms with E-state index in [0.717, 1.165) is 210 Å². The van der Waals surface area contributed by atoms with Gasteiger partial charge in [-0.05, 0) is 162 Å². The summed E-state index contributed by atoms with van der Waals surface area (Å²) in [5.74, 6) is 1.67. The SMILES string of the molecule is Fc1ccc(-c2cccc(-n3c4c5ccccc5c5ccccc5c4n4c5ccccc5nc34)c2)c(F)n1.O=P(c1ccccc1)(c1ccccc1)c1cccc(-n2c3ccc4c5ccccc5oc4c3n3c4ccccc4nc23)c1.c1ccc(-n2c3ccc4cccnc4c3n3c4ccccc4nc23)cc1.c1ccc(-n2c3cnc4ccccc4c3n3c4ccccc4nc23)cc1. The van der Waals surface area contributed by atoms with Gasteiger partial charge in [0.1, 0.15) is 11.1 Å². The fourth-order valence-corrected chi connectivity index (χ4v) is 22.6. The average Bonchev–Trinajstić information content (AvgIpc) is 1.55. The Balaban J connectivity index is 0.0000000948. The lowest BCUT2D eigenvalue weighted by Crippen LogP contribution is -2.25. The van der Waals surface area contributed by atoms with Crippen molar-refractivity contribution in [2.24, 2.45) is 0 Å². The van der Waals surface area contributed by atoms with Crippen LogP contribution in [0.25, 0.3) is 211 Å². The maximum absolute atomic E-state index is 15.2. The van der Waals surface area contributed by atoms with Gasteiger partial charge in [-0.3, -0.25) is 45.8 Å². The van der Waals surface area contributed by atoms with E-state index in [1.54, 1.807) is 6.07 Å². The zero-order chi connectivity index (χ0) is 88.1. The quantitative estimate of drug-likeness (QED) is 0.0820. The summed E-state index contributed by atoms with van der Waals surface area (Å²) in [6.07, 6.45) is 3.81. The van der Waals surface area contributed by atoms with Crippen molar-refractivity contribution in [1.29, 1.82) is 0 Å². The molecule has 0 bridgehead atoms. The van der Waals surface area contributed by atoms with Crippen LogP contribution < -0.4 is 15.9 Å². The first-order valence-electron chi connectivity index (χ1n) is 43.8. The van der Waals surface area contributed by atoms with Gasteiger partial charge in [0.05, 0.1) is 100.0 Å². The Morgan fingerprint density at radius 1 is 0.271 bits per heavy atom. The number of pyridine rings is 3. The minimum Gasteiger partial charge on any atom is -0.454 e. The summed E-state index contributed by atoms with van der Waals surface area (Å²) in [5.41, 5.74) is 24.8. The predicted molar refractivity (Wildman–Crippen MR) is 534 cm³/mol. The number of imidazole rings is 8. The Bertz CT molecular complexity index is 9570. The fraction of sp³-hybridized carbons (Fsp3) is 0. The molecule has 0 aliphatic rings. The third-order valence-electron chi connectivity index (χ3n) is 25.6. The van der Waals surface area contributed by atoms with Crippen molar-refractivity contribution >= 4 is 200 Å². The van der Waals surface area contributed by atoms with Crippen LogP contribution in [0.1, 0.15) is 0 Å². The molecule has 0 spiro atoms. The number of para-hydroxylation sites is 12. The summed E-state index contributed by atoms with van der Waals surface area (Å²) in [6.45, 7) is 0. The van der Waals surface area contributed by atoms with Crippen molar-refractivity contribution < 1.29 is 17.8 Å². The van der Waals surface area contributed by atoms with Crippen LogP contribution in [0.15, 0.2) is 429 Å². The molecule has 29 rings (SSSR count). The third kappa shape index (κ3) is 11.9. The van der Waals surface area contributed by atoms with Crippen LogP contribution in [-0.2, 0) is 4.57 Å². The Labute approximate surface area is 754 Å². The van der Waals surface area contributed by atoms with Crippen molar-refractivity contribution in [3.8, 4) is 33.9 Å². The van der Waals surface area contributed by atoms with E-state index in [1.807, 2.05) is 200 Å². The van der Waals surface area contributed by atoms with Crippen LogP contribution in [0, 0.1) is 11.9 Å². The van der Waals surface area contributed by atoms with Crippen LogP contribution in [0.4, 0.5) is 8.78 Å². The van der Waals surface area contributed by atoms with E-state index in [2.05, 4.69) is 252 Å². The number of aromatic nitrogens is 15. The second kappa shape index (κ2) is 30.5. The van der Waals surface area contributed by atoms with E-state index in [-0.39, 0.29) is 5.56 Å². The molecule has 0 radical (unpaired) electrons. The molecule has 17 aromatic carbocycles. The lowest BCUT2D eigenvalue weighted by molar-refractivity contribution is 0.515. The number of nitrogens with zero attached hydrogens (tertiary/aromatic N) is 15. The smallest absolute Gasteiger partial charge is 0.223 e. The molecule has 29 aromatic rings. The molecule has 0 unspecified atom stereocenters. The van der Waals surface area contributed by atoms with E-state index in [1.165, 1.54) is 17.5 Å². The molecule has 0 aliphatic heterocycles. The van der Waals surface area contributed by atoms with E-state index in [0.29, 0.717) is 5.56 Å². The summed E-state index contributed by atoms with van der Waals surface area (Å²) < 4.78 is 67.5. The molecule has 20 heteroatoms. The third-order valence-corrected chi connectivity index (χ3v) is 28.7. The van der Waals surface area contributed by atoms with Gasteiger partial charge < -0.3 is 8.98 Å². The number of benzene rings is 17. The molecule has 0 fully saturated rings. The lowest BCUT2D eigenvalue weighted by Gasteiger charge is -2.21. The first kappa shape index (κ1) is 76.4. The van der Waals surface area contributed by atoms with E-state index < -0.39 is 19.0 Å². The van der Waals surface area contributed by atoms with Crippen molar-refractivity contribution in [3.63, 3.8) is 0 Å². The molecule has 17 nitrogen and oxygen atoms in total. The molecule has 0 saturated heterocycles. The molecule has 0 N–H and O–H groups in total. The average molecular weight is 1740 g/mol. The van der Waals surface area contributed by atoms with Crippen molar-refractivity contribution in [3.05, 3.63) is 437 Å². The Morgan fingerprint density at radius 2 is 0.707 bits per heavy atom. The Kier molecular flexibility index (Phi) is 17.5. The van der Waals surface area contributed by atoms with Crippen LogP contribution in [0.2, 0.25) is 0 Å². The molecule has 133 heavy (non-hydrogen) atoms. The zero-order valence-corrected chi connectivity index (χ0v) is 71.5. The van der Waals surface area contributed by atoms with Crippen molar-refractivity contribution in [1.82, 2.24) is 70.8 Å². The normalized spacial score (nSPS) is 12.0. The maximum atomic E-state index is 15.2. The Hall–Kier alpha value is -17.8. The number of hydrogen-bond acceptors (Lipinski definition) is 9. The molecule has 0 saturated carbocycles. The fourth-order valence-electron chi connectivity index (χ4n) is 19.9. The van der Waals surface area contributed by atoms with Gasteiger partial charge in [-0.2, -0.15) is 13.8 Å². The first-order chi connectivity index (χ1) is 65.7. The molecule has 0 aliphatic carbocycles. The standard InChI is InChI=1S/C37H24N3O2P.C32H18F2N4.2C22H14N4/c41-43(26-13-3-1-4-14-26,27-15-5-2-6-16-27)28-17-11-12-25(24-28)39-33-23-22-30-29-18-7-10-21-34(29)42-36(30)35(33)40-32-20-9-8-19-31(32)38-37(39)40;33-28-17-16-21(31(34)36-28)19-8-7-9-20(18-19)37-29-24-12-3-1-10-22(24)23-11-2-4-13-25(23)30(29)38-27-15-6-5-14-26(27)35-32(37)38;1-2-8-16(9-3-1)25-19-13-12-15-7-6-14-23-20(15)21(19)26-18-11-5-4-10-17(18)24-22(25)26;1-2-8-15(9-3-1)25-20-14-23-17-11-5-4-10-16(17)21(20)26-19-13-7-6-12-18(19)24-22(25)26/h1-24H;1-18H;2*1-14H. The van der Waals surface area contributed by atoms with Gasteiger partial charge in [0.25, 0.3) is 0 Å². The van der Waals surface area contributed by atoms with Crippen molar-refractivity contribution in [2.45, 2.75) is 0 Å². The van der Waals surface area contributed by atoms with Crippen LogP contribution >= 0.6 is 7.14 Å². The van der Waals surface area contributed by atoms with E-state index in [4.69, 9.17) is 29.3 Å². The molecule has 0 amide bonds. The molecule has 628 valence electrons. The molecular formula is C113H70F2N15O2P. The van der Waals surface area contributed by atoms with Crippen molar-refractivity contribution in [2.75, 3.05) is 0 Å². The predicted octanol–water partition coefficient (Wildman–Crippen LogP) is 26.0. The highest BCUT2D eigenvalue weighted by atomic mass is 31.2. The van der Waals surface area contributed by atoms with Gasteiger partial charge in [-0.15, -0.1) is 0 Å². The maximum Gasteiger partial charge on any atom is 0.223 e. The number of hydrogen-bond donors (Lipinski definition) is 0. The summed E-state index contributed by atoms with van der Waals surface area (Å²) in [7, 11) is -3.17. The van der Waals surface area contributed by atoms with Gasteiger partial charge in [0.15, 0.2) is 12.7 Å². The lowest BCUT2D eigenvalue weighted by atomic mass is 9.99. The Morgan fingerprint density at radius 3 is 1.30 bits per heavy atom. The topological polar surface area (TPSA) is 158 Å². The molecule has 12 heterocycles. The number of fused-ring (bicyclic) bond motifs is 33. The summed E-state index contributed by atoms with van der Waals surface area (Å²) >= 11 is 0. The second-order valence-corrected chi connectivity index (χ2v) is 35.8. The monoisotopic (exact) mass is 1740 g/mol. The van der Waals surface area contributed by atoms with E-state index in [9.17, 15) is 8.78 Å². The number of rotatable bonds is 8. The second-order valence-electron chi connectivity index (χ2n) is 33.0. The van der Waals surface area contributed by atoms with Gasteiger partial charge in [0.2, 0.25) is 35.0 Å². The van der Waals surface area contributed by atoms with Gasteiger partial charge in [0, 0.05) is 82.7 Å². The molecule has 12 aromatic heterocycles. The van der Waals surface area contributed by atoms with Gasteiger partial charge in [-0.25, -0.2) is 19.9 Å². The zero-order valence-electron chi connectivity index (χ0n) is 70.6. The van der Waals surface area contributed by atoms with Gasteiger partial charge in [-0.1, -0.05) is 267 Å². The van der Waals surface area contributed by atoms with Crippen LogP contribution in [-0.4, -0.2) is 70.8 Å². The molecule has 0 atom stereocenters. The van der Waals surface area contributed by atoms with Crippen LogP contribution in [0.5, 0.6) is 0 Å². The first-order valence-corrected chi connectivity index (χ1v) is 45.5. The highest BCUT2D eigenvalue weighted by Gasteiger charge is 2.32. The number of halogens is 2. The summed E-state index contributed by atoms with van der Waals surface area (Å²) in [4.78, 5) is 32.8. The minimum atomic E-state index is -3.17.